The van der Waals surface area contributed by atoms with Crippen LogP contribution in [0.25, 0.3) is 0 Å². The second kappa shape index (κ2) is 7.52. The molecule has 0 heterocycles. The van der Waals surface area contributed by atoms with Crippen LogP contribution in [0.15, 0.2) is 24.3 Å². The van der Waals surface area contributed by atoms with E-state index < -0.39 is 18.0 Å². The van der Waals surface area contributed by atoms with Gasteiger partial charge in [-0.05, 0) is 36.5 Å². The summed E-state index contributed by atoms with van der Waals surface area (Å²) in [6, 6.07) is 5.58. The fourth-order valence-corrected chi connectivity index (χ4v) is 2.29. The summed E-state index contributed by atoms with van der Waals surface area (Å²) in [5.41, 5.74) is 0.154. The van der Waals surface area contributed by atoms with Gasteiger partial charge in [0.2, 0.25) is 5.91 Å². The van der Waals surface area contributed by atoms with E-state index in [1.54, 1.807) is 13.0 Å². The Hall–Kier alpha value is -1.46. The summed E-state index contributed by atoms with van der Waals surface area (Å²) >= 11 is 0. The first-order valence-electron chi connectivity index (χ1n) is 7.08. The number of nitrogens with one attached hydrogen (secondary N) is 1. The van der Waals surface area contributed by atoms with Crippen LogP contribution >= 0.6 is 0 Å². The zero-order valence-electron chi connectivity index (χ0n) is 12.8. The van der Waals surface area contributed by atoms with Crippen molar-refractivity contribution < 1.29 is 19.4 Å². The van der Waals surface area contributed by atoms with Gasteiger partial charge in [-0.3, -0.25) is 4.79 Å². The molecule has 0 saturated heterocycles. The molecule has 3 N–H and O–H groups in total. The maximum Gasteiger partial charge on any atom is 0.222 e. The van der Waals surface area contributed by atoms with Gasteiger partial charge in [0, 0.05) is 6.54 Å². The van der Waals surface area contributed by atoms with Crippen molar-refractivity contribution in [1.29, 1.82) is 0 Å². The molecule has 0 aromatic heterocycles. The largest absolute Gasteiger partial charge is 0.393 e. The summed E-state index contributed by atoms with van der Waals surface area (Å²) in [4.78, 5) is 11.8. The summed E-state index contributed by atoms with van der Waals surface area (Å²) in [5, 5.41) is 22.0. The van der Waals surface area contributed by atoms with Gasteiger partial charge in [0.25, 0.3) is 0 Å². The van der Waals surface area contributed by atoms with Crippen LogP contribution in [0.1, 0.15) is 45.3 Å². The van der Waals surface area contributed by atoms with E-state index in [4.69, 9.17) is 0 Å². The second-order valence-electron chi connectivity index (χ2n) is 6.27. The lowest BCUT2D eigenvalue weighted by atomic mass is 9.87. The maximum absolute atomic E-state index is 13.1. The van der Waals surface area contributed by atoms with Gasteiger partial charge in [0.1, 0.15) is 5.82 Å². The van der Waals surface area contributed by atoms with Crippen LogP contribution in [0.4, 0.5) is 4.39 Å². The Bertz CT molecular complexity index is 474. The molecule has 0 aliphatic carbocycles. The van der Waals surface area contributed by atoms with Crippen molar-refractivity contribution in [3.8, 4) is 0 Å². The van der Waals surface area contributed by atoms with E-state index in [2.05, 4.69) is 5.32 Å². The van der Waals surface area contributed by atoms with Crippen LogP contribution in [0.2, 0.25) is 0 Å². The van der Waals surface area contributed by atoms with E-state index in [0.29, 0.717) is 18.5 Å². The van der Waals surface area contributed by atoms with E-state index in [0.717, 1.165) is 0 Å². The standard InChI is InChI=1S/C16H24FNO3/c1-11(19)9-16(2,3)10-18-15(21)8-14(20)12-5-4-6-13(17)7-12/h4-7,11,14,19-20H,8-10H2,1-3H3,(H,18,21). The number of hydrogen-bond donors (Lipinski definition) is 3. The number of aliphatic hydroxyl groups is 2. The number of rotatable bonds is 7. The average molecular weight is 297 g/mol. The van der Waals surface area contributed by atoms with Crippen LogP contribution in [-0.2, 0) is 4.79 Å². The minimum Gasteiger partial charge on any atom is -0.393 e. The Morgan fingerprint density at radius 2 is 2.05 bits per heavy atom. The smallest absolute Gasteiger partial charge is 0.222 e. The average Bonchev–Trinajstić information content (AvgIpc) is 2.35. The third-order valence-corrected chi connectivity index (χ3v) is 3.22. The summed E-state index contributed by atoms with van der Waals surface area (Å²) < 4.78 is 13.1. The molecular weight excluding hydrogens is 273 g/mol. The molecule has 1 amide bonds. The normalized spacial score (nSPS) is 14.6. The highest BCUT2D eigenvalue weighted by molar-refractivity contribution is 5.76. The minimum atomic E-state index is -1.03. The van der Waals surface area contributed by atoms with Crippen LogP contribution in [-0.4, -0.2) is 28.8 Å². The number of carbonyl (C=O) groups excluding carboxylic acids is 1. The number of aliphatic hydroxyl groups excluding tert-OH is 2. The number of benzene rings is 1. The monoisotopic (exact) mass is 297 g/mol. The van der Waals surface area contributed by atoms with E-state index in [-0.39, 0.29) is 17.7 Å². The van der Waals surface area contributed by atoms with Crippen molar-refractivity contribution >= 4 is 5.91 Å². The highest BCUT2D eigenvalue weighted by Gasteiger charge is 2.22. The van der Waals surface area contributed by atoms with E-state index in [1.165, 1.54) is 18.2 Å². The lowest BCUT2D eigenvalue weighted by Gasteiger charge is -2.26. The molecule has 0 bridgehead atoms. The minimum absolute atomic E-state index is 0.117. The van der Waals surface area contributed by atoms with Crippen molar-refractivity contribution in [1.82, 2.24) is 5.32 Å². The van der Waals surface area contributed by atoms with Crippen molar-refractivity contribution in [3.05, 3.63) is 35.6 Å². The van der Waals surface area contributed by atoms with Crippen molar-refractivity contribution in [3.63, 3.8) is 0 Å². The van der Waals surface area contributed by atoms with Crippen LogP contribution in [0.3, 0.4) is 0 Å². The quantitative estimate of drug-likeness (QED) is 0.722. The molecule has 1 rings (SSSR count). The SMILES string of the molecule is CC(O)CC(C)(C)CNC(=O)CC(O)c1cccc(F)c1. The predicted octanol–water partition coefficient (Wildman–Crippen LogP) is 2.16. The van der Waals surface area contributed by atoms with Gasteiger partial charge in [0.15, 0.2) is 0 Å². The van der Waals surface area contributed by atoms with Gasteiger partial charge in [-0.2, -0.15) is 0 Å². The number of hydrogen-bond acceptors (Lipinski definition) is 3. The first kappa shape index (κ1) is 17.6. The molecule has 0 radical (unpaired) electrons. The van der Waals surface area contributed by atoms with Crippen molar-refractivity contribution in [2.75, 3.05) is 6.54 Å². The fraction of sp³-hybridized carbons (Fsp3) is 0.562. The number of carbonyl (C=O) groups is 1. The van der Waals surface area contributed by atoms with E-state index in [1.807, 2.05) is 13.8 Å². The summed E-state index contributed by atoms with van der Waals surface area (Å²) in [7, 11) is 0. The summed E-state index contributed by atoms with van der Waals surface area (Å²) in [5.74, 6) is -0.740. The molecular formula is C16H24FNO3. The van der Waals surface area contributed by atoms with Crippen molar-refractivity contribution in [2.45, 2.75) is 45.8 Å². The van der Waals surface area contributed by atoms with Gasteiger partial charge in [0.05, 0.1) is 18.6 Å². The lowest BCUT2D eigenvalue weighted by molar-refractivity contribution is -0.123. The second-order valence-corrected chi connectivity index (χ2v) is 6.27. The van der Waals surface area contributed by atoms with Gasteiger partial charge < -0.3 is 15.5 Å². The highest BCUT2D eigenvalue weighted by atomic mass is 19.1. The third kappa shape index (κ3) is 6.69. The Balaban J connectivity index is 2.47. The number of amides is 1. The molecule has 0 fully saturated rings. The third-order valence-electron chi connectivity index (χ3n) is 3.22. The molecule has 1 aromatic rings. The first-order valence-corrected chi connectivity index (χ1v) is 7.08. The molecule has 1 aromatic carbocycles. The van der Waals surface area contributed by atoms with Gasteiger partial charge in [-0.25, -0.2) is 4.39 Å². The predicted molar refractivity (Wildman–Crippen MR) is 79.1 cm³/mol. The Morgan fingerprint density at radius 3 is 2.62 bits per heavy atom. The topological polar surface area (TPSA) is 69.6 Å². The lowest BCUT2D eigenvalue weighted by Crippen LogP contribution is -2.36. The molecule has 118 valence electrons. The first-order chi connectivity index (χ1) is 9.69. The fourth-order valence-electron chi connectivity index (χ4n) is 2.29. The van der Waals surface area contributed by atoms with E-state index in [9.17, 15) is 19.4 Å². The molecule has 0 aliphatic rings. The molecule has 0 spiro atoms. The summed E-state index contributed by atoms with van der Waals surface area (Å²) in [6.45, 7) is 6.01. The molecule has 4 nitrogen and oxygen atoms in total. The highest BCUT2D eigenvalue weighted by Crippen LogP contribution is 2.22. The molecule has 5 heteroatoms. The molecule has 0 saturated carbocycles. The Labute approximate surface area is 125 Å². The molecule has 0 aliphatic heterocycles. The Kier molecular flexibility index (Phi) is 6.30. The summed E-state index contributed by atoms with van der Waals surface area (Å²) in [6.07, 6.45) is -1.01. The van der Waals surface area contributed by atoms with Gasteiger partial charge in [-0.1, -0.05) is 26.0 Å². The Morgan fingerprint density at radius 1 is 1.38 bits per heavy atom. The van der Waals surface area contributed by atoms with Gasteiger partial charge >= 0.3 is 0 Å². The zero-order chi connectivity index (χ0) is 16.0. The number of halogens is 1. The molecule has 2 unspecified atom stereocenters. The maximum atomic E-state index is 13.1. The van der Waals surface area contributed by atoms with Crippen molar-refractivity contribution in [2.24, 2.45) is 5.41 Å². The van der Waals surface area contributed by atoms with E-state index >= 15 is 0 Å². The van der Waals surface area contributed by atoms with Crippen LogP contribution < -0.4 is 5.32 Å². The van der Waals surface area contributed by atoms with Gasteiger partial charge in [-0.15, -0.1) is 0 Å². The molecule has 21 heavy (non-hydrogen) atoms. The van der Waals surface area contributed by atoms with Crippen LogP contribution in [0.5, 0.6) is 0 Å². The molecule has 2 atom stereocenters. The van der Waals surface area contributed by atoms with Crippen LogP contribution in [0, 0.1) is 11.2 Å². The zero-order valence-corrected chi connectivity index (χ0v) is 12.8.